The Hall–Kier alpha value is -1.40. The molecule has 1 heterocycles. The molecule has 0 radical (unpaired) electrons. The first-order valence-corrected chi connectivity index (χ1v) is 8.48. The molecule has 1 aliphatic rings. The molecule has 0 saturated carbocycles. The Balaban J connectivity index is 1.97. The summed E-state index contributed by atoms with van der Waals surface area (Å²) in [6, 6.07) is 7.54. The van der Waals surface area contributed by atoms with E-state index in [0.29, 0.717) is 11.4 Å². The molecular weight excluding hydrogens is 292 g/mol. The molecular formula is C14H16N2O2S2. The van der Waals surface area contributed by atoms with Gasteiger partial charge in [-0.25, -0.2) is 0 Å². The van der Waals surface area contributed by atoms with E-state index in [4.69, 9.17) is 0 Å². The van der Waals surface area contributed by atoms with Gasteiger partial charge in [-0.05, 0) is 30.6 Å². The monoisotopic (exact) mass is 308 g/mol. The summed E-state index contributed by atoms with van der Waals surface area (Å²) < 4.78 is 0. The van der Waals surface area contributed by atoms with Gasteiger partial charge in [0, 0.05) is 17.5 Å². The molecule has 4 nitrogen and oxygen atoms in total. The topological polar surface area (TPSA) is 58.2 Å². The third-order valence-electron chi connectivity index (χ3n) is 2.67. The fourth-order valence-corrected chi connectivity index (χ4v) is 3.06. The maximum Gasteiger partial charge on any atom is 0.262 e. The van der Waals surface area contributed by atoms with Crippen molar-refractivity contribution in [2.75, 3.05) is 23.9 Å². The average molecular weight is 308 g/mol. The van der Waals surface area contributed by atoms with Crippen molar-refractivity contribution in [1.29, 1.82) is 0 Å². The molecule has 0 saturated heterocycles. The number of fused-ring (bicyclic) bond motifs is 1. The van der Waals surface area contributed by atoms with Crippen LogP contribution in [0.3, 0.4) is 0 Å². The van der Waals surface area contributed by atoms with Crippen LogP contribution in [-0.4, -0.2) is 30.4 Å². The molecule has 1 aliphatic heterocycles. The number of rotatable bonds is 5. The molecule has 2 rings (SSSR count). The zero-order valence-corrected chi connectivity index (χ0v) is 12.8. The summed E-state index contributed by atoms with van der Waals surface area (Å²) in [5.74, 6) is 0.565. The minimum atomic E-state index is -0.229. The van der Waals surface area contributed by atoms with Crippen molar-refractivity contribution >= 4 is 41.0 Å². The predicted molar refractivity (Wildman–Crippen MR) is 85.0 cm³/mol. The third kappa shape index (κ3) is 4.05. The van der Waals surface area contributed by atoms with Gasteiger partial charge in [0.15, 0.2) is 0 Å². The lowest BCUT2D eigenvalue weighted by Gasteiger charge is -2.17. The number of carbonyl (C=O) groups excluding carboxylic acids is 2. The number of para-hydroxylation sites is 1. The fraction of sp³-hybridized carbons (Fsp3) is 0.286. The van der Waals surface area contributed by atoms with Gasteiger partial charge >= 0.3 is 0 Å². The second-order valence-corrected chi connectivity index (χ2v) is 6.27. The fourth-order valence-electron chi connectivity index (χ4n) is 1.70. The molecule has 0 atom stereocenters. The van der Waals surface area contributed by atoms with Crippen LogP contribution in [-0.2, 0) is 9.59 Å². The molecule has 0 spiro atoms. The Bertz CT molecular complexity index is 544. The molecule has 0 aliphatic carbocycles. The van der Waals surface area contributed by atoms with E-state index in [-0.39, 0.29) is 11.8 Å². The van der Waals surface area contributed by atoms with Gasteiger partial charge < -0.3 is 10.6 Å². The molecule has 20 heavy (non-hydrogen) atoms. The van der Waals surface area contributed by atoms with Gasteiger partial charge in [0.1, 0.15) is 0 Å². The summed E-state index contributed by atoms with van der Waals surface area (Å²) in [6.07, 6.45) is 4.33. The van der Waals surface area contributed by atoms with Crippen molar-refractivity contribution in [2.45, 2.75) is 11.3 Å². The van der Waals surface area contributed by atoms with Crippen molar-refractivity contribution in [3.63, 3.8) is 0 Å². The van der Waals surface area contributed by atoms with Gasteiger partial charge in [-0.15, -0.1) is 0 Å². The minimum Gasteiger partial charge on any atom is -0.352 e. The van der Waals surface area contributed by atoms with E-state index in [1.54, 1.807) is 11.8 Å². The Kier molecular flexibility index (Phi) is 5.55. The SMILES string of the molecule is CSCCCNC(=O)/C=C1/Sc2ccccc2NC1=O. The summed E-state index contributed by atoms with van der Waals surface area (Å²) in [5, 5.41) is 5.57. The normalized spacial score (nSPS) is 15.7. The summed E-state index contributed by atoms with van der Waals surface area (Å²) >= 11 is 3.07. The average Bonchev–Trinajstić information content (AvgIpc) is 2.44. The van der Waals surface area contributed by atoms with Gasteiger partial charge in [-0.3, -0.25) is 9.59 Å². The van der Waals surface area contributed by atoms with Crippen LogP contribution in [0.15, 0.2) is 40.1 Å². The second-order valence-electron chi connectivity index (χ2n) is 4.20. The summed E-state index contributed by atoms with van der Waals surface area (Å²) in [6.45, 7) is 0.631. The molecule has 106 valence electrons. The maximum absolute atomic E-state index is 11.9. The predicted octanol–water partition coefficient (Wildman–Crippen LogP) is 2.48. The first-order chi connectivity index (χ1) is 9.70. The van der Waals surface area contributed by atoms with E-state index in [9.17, 15) is 9.59 Å². The molecule has 6 heteroatoms. The van der Waals surface area contributed by atoms with Crippen LogP contribution in [0.1, 0.15) is 6.42 Å². The number of anilines is 1. The number of nitrogens with one attached hydrogen (secondary N) is 2. The quantitative estimate of drug-likeness (QED) is 0.648. The van der Waals surface area contributed by atoms with Crippen LogP contribution >= 0.6 is 23.5 Å². The first kappa shape index (κ1) is 15.0. The maximum atomic E-state index is 11.9. The molecule has 0 unspecified atom stereocenters. The Morgan fingerprint density at radius 1 is 1.45 bits per heavy atom. The van der Waals surface area contributed by atoms with Crippen LogP contribution in [0.25, 0.3) is 0 Å². The van der Waals surface area contributed by atoms with E-state index >= 15 is 0 Å². The third-order valence-corrected chi connectivity index (χ3v) is 4.46. The summed E-state index contributed by atoms with van der Waals surface area (Å²) in [4.78, 5) is 25.0. The number of carbonyl (C=O) groups is 2. The first-order valence-electron chi connectivity index (χ1n) is 6.27. The smallest absolute Gasteiger partial charge is 0.262 e. The van der Waals surface area contributed by atoms with E-state index in [1.165, 1.54) is 17.8 Å². The highest BCUT2D eigenvalue weighted by molar-refractivity contribution is 8.04. The van der Waals surface area contributed by atoms with Crippen LogP contribution < -0.4 is 10.6 Å². The highest BCUT2D eigenvalue weighted by Crippen LogP contribution is 2.37. The standard InChI is InChI=1S/C14H16N2O2S2/c1-19-8-4-7-15-13(17)9-12-14(18)16-10-5-2-3-6-11(10)20-12/h2-3,5-6,9H,4,7-8H2,1H3,(H,15,17)(H,16,18)/b12-9+. The largest absolute Gasteiger partial charge is 0.352 e. The van der Waals surface area contributed by atoms with E-state index in [2.05, 4.69) is 10.6 Å². The van der Waals surface area contributed by atoms with Crippen molar-refractivity contribution < 1.29 is 9.59 Å². The second kappa shape index (κ2) is 7.40. The molecule has 1 aromatic rings. The number of thioether (sulfide) groups is 2. The van der Waals surface area contributed by atoms with Gasteiger partial charge in [-0.1, -0.05) is 23.9 Å². The molecule has 2 N–H and O–H groups in total. The lowest BCUT2D eigenvalue weighted by atomic mass is 10.3. The minimum absolute atomic E-state index is 0.219. The summed E-state index contributed by atoms with van der Waals surface area (Å²) in [5.41, 5.74) is 0.792. The molecule has 2 amide bonds. The molecule has 1 aromatic carbocycles. The lowest BCUT2D eigenvalue weighted by molar-refractivity contribution is -0.117. The van der Waals surface area contributed by atoms with E-state index < -0.39 is 0 Å². The number of hydrogen-bond acceptors (Lipinski definition) is 4. The van der Waals surface area contributed by atoms with Gasteiger partial charge in [0.2, 0.25) is 5.91 Å². The van der Waals surface area contributed by atoms with Crippen LogP contribution in [0.5, 0.6) is 0 Å². The number of hydrogen-bond donors (Lipinski definition) is 2. The Morgan fingerprint density at radius 2 is 2.25 bits per heavy atom. The summed E-state index contributed by atoms with van der Waals surface area (Å²) in [7, 11) is 0. The van der Waals surface area contributed by atoms with Gasteiger partial charge in [0.25, 0.3) is 5.91 Å². The van der Waals surface area contributed by atoms with E-state index in [0.717, 1.165) is 22.8 Å². The zero-order chi connectivity index (χ0) is 14.4. The van der Waals surface area contributed by atoms with Crippen LogP contribution in [0.2, 0.25) is 0 Å². The van der Waals surface area contributed by atoms with Gasteiger partial charge in [-0.2, -0.15) is 11.8 Å². The number of amides is 2. The highest BCUT2D eigenvalue weighted by Gasteiger charge is 2.21. The van der Waals surface area contributed by atoms with Crippen molar-refractivity contribution in [1.82, 2.24) is 5.32 Å². The van der Waals surface area contributed by atoms with Crippen molar-refractivity contribution in [3.05, 3.63) is 35.2 Å². The Labute approximate surface area is 126 Å². The van der Waals surface area contributed by atoms with Crippen LogP contribution in [0.4, 0.5) is 5.69 Å². The molecule has 0 bridgehead atoms. The van der Waals surface area contributed by atoms with Crippen LogP contribution in [0, 0.1) is 0 Å². The lowest BCUT2D eigenvalue weighted by Crippen LogP contribution is -2.25. The Morgan fingerprint density at radius 3 is 3.05 bits per heavy atom. The zero-order valence-electron chi connectivity index (χ0n) is 11.1. The molecule has 0 aromatic heterocycles. The van der Waals surface area contributed by atoms with Gasteiger partial charge in [0.05, 0.1) is 10.6 Å². The molecule has 0 fully saturated rings. The van der Waals surface area contributed by atoms with Crippen molar-refractivity contribution in [3.8, 4) is 0 Å². The van der Waals surface area contributed by atoms with Crippen molar-refractivity contribution in [2.24, 2.45) is 0 Å². The highest BCUT2D eigenvalue weighted by atomic mass is 32.2. The van der Waals surface area contributed by atoms with E-state index in [1.807, 2.05) is 30.5 Å². The number of benzene rings is 1.